The summed E-state index contributed by atoms with van der Waals surface area (Å²) in [4.78, 5) is 2.39. The highest BCUT2D eigenvalue weighted by atomic mass is 32.1. The Morgan fingerprint density at radius 1 is 0.378 bits per heavy atom. The second kappa shape index (κ2) is 10.7. The van der Waals surface area contributed by atoms with E-state index < -0.39 is 0 Å². The largest absolute Gasteiger partial charge is 0.310 e. The number of anilines is 3. The molecule has 45 heavy (non-hydrogen) atoms. The minimum atomic E-state index is 1.14. The molecule has 3 heteroatoms. The van der Waals surface area contributed by atoms with Gasteiger partial charge >= 0.3 is 0 Å². The third kappa shape index (κ3) is 4.35. The Bertz CT molecular complexity index is 2450. The zero-order valence-electron chi connectivity index (χ0n) is 24.4. The molecule has 0 saturated carbocycles. The van der Waals surface area contributed by atoms with Crippen molar-refractivity contribution in [2.45, 2.75) is 0 Å². The summed E-state index contributed by atoms with van der Waals surface area (Å²) >= 11 is 3.78. The Labute approximate surface area is 269 Å². The van der Waals surface area contributed by atoms with Crippen LogP contribution in [-0.2, 0) is 0 Å². The van der Waals surface area contributed by atoms with E-state index >= 15 is 0 Å². The van der Waals surface area contributed by atoms with E-state index in [4.69, 9.17) is 0 Å². The number of rotatable bonds is 5. The summed E-state index contributed by atoms with van der Waals surface area (Å²) in [6, 6.07) is 59.4. The Morgan fingerprint density at radius 2 is 0.911 bits per heavy atom. The SMILES string of the molecule is c1ccc(N(c2ccccc2)c2ccc(-c3cccc(-c4cccc5c4sc4ccccc45)c3)c3sc4ccccc4c23)cc1. The molecule has 0 aliphatic carbocycles. The summed E-state index contributed by atoms with van der Waals surface area (Å²) in [5.74, 6) is 0. The van der Waals surface area contributed by atoms with E-state index in [0.29, 0.717) is 0 Å². The molecular formula is C42H27NS2. The van der Waals surface area contributed by atoms with Gasteiger partial charge in [0.05, 0.1) is 5.69 Å². The van der Waals surface area contributed by atoms with Crippen molar-refractivity contribution >= 4 is 80.1 Å². The van der Waals surface area contributed by atoms with E-state index in [1.54, 1.807) is 0 Å². The van der Waals surface area contributed by atoms with Crippen LogP contribution in [0, 0.1) is 0 Å². The van der Waals surface area contributed by atoms with Crippen molar-refractivity contribution in [3.63, 3.8) is 0 Å². The van der Waals surface area contributed by atoms with Crippen molar-refractivity contribution in [3.8, 4) is 22.3 Å². The number of hydrogen-bond acceptors (Lipinski definition) is 3. The van der Waals surface area contributed by atoms with Gasteiger partial charge in [-0.1, -0.05) is 115 Å². The minimum absolute atomic E-state index is 1.14. The third-order valence-electron chi connectivity index (χ3n) is 8.66. The molecule has 0 aliphatic rings. The maximum absolute atomic E-state index is 2.39. The molecule has 0 aliphatic heterocycles. The highest BCUT2D eigenvalue weighted by molar-refractivity contribution is 7.26. The molecule has 0 amide bonds. The van der Waals surface area contributed by atoms with Gasteiger partial charge in [-0.05, 0) is 70.8 Å². The topological polar surface area (TPSA) is 3.24 Å². The van der Waals surface area contributed by atoms with Gasteiger partial charge in [-0.2, -0.15) is 0 Å². The van der Waals surface area contributed by atoms with E-state index in [1.807, 2.05) is 22.7 Å². The number of benzene rings is 7. The lowest BCUT2D eigenvalue weighted by Gasteiger charge is -2.27. The fourth-order valence-corrected chi connectivity index (χ4v) is 9.13. The summed E-state index contributed by atoms with van der Waals surface area (Å²) in [5.41, 5.74) is 8.52. The second-order valence-electron chi connectivity index (χ2n) is 11.3. The van der Waals surface area contributed by atoms with Crippen LogP contribution >= 0.6 is 22.7 Å². The second-order valence-corrected chi connectivity index (χ2v) is 13.4. The first kappa shape index (κ1) is 26.2. The number of hydrogen-bond donors (Lipinski definition) is 0. The molecule has 0 unspecified atom stereocenters. The minimum Gasteiger partial charge on any atom is -0.310 e. The molecular weight excluding hydrogens is 583 g/mol. The highest BCUT2D eigenvalue weighted by Crippen LogP contribution is 2.48. The fraction of sp³-hybridized carbons (Fsp3) is 0. The average molecular weight is 610 g/mol. The molecule has 2 heterocycles. The van der Waals surface area contributed by atoms with Crippen LogP contribution in [0.5, 0.6) is 0 Å². The summed E-state index contributed by atoms with van der Waals surface area (Å²) in [6.45, 7) is 0. The third-order valence-corrected chi connectivity index (χ3v) is 11.1. The molecule has 0 N–H and O–H groups in total. The molecule has 9 rings (SSSR count). The molecule has 0 saturated heterocycles. The molecule has 212 valence electrons. The molecule has 0 fully saturated rings. The van der Waals surface area contributed by atoms with Gasteiger partial charge in [0.25, 0.3) is 0 Å². The average Bonchev–Trinajstić information content (AvgIpc) is 3.69. The van der Waals surface area contributed by atoms with E-state index in [9.17, 15) is 0 Å². The lowest BCUT2D eigenvalue weighted by Crippen LogP contribution is -2.10. The summed E-state index contributed by atoms with van der Waals surface area (Å²) in [7, 11) is 0. The van der Waals surface area contributed by atoms with Gasteiger partial charge in [-0.15, -0.1) is 22.7 Å². The highest BCUT2D eigenvalue weighted by Gasteiger charge is 2.21. The van der Waals surface area contributed by atoms with Gasteiger partial charge in [0.15, 0.2) is 0 Å². The zero-order valence-corrected chi connectivity index (χ0v) is 26.0. The van der Waals surface area contributed by atoms with Crippen LogP contribution in [0.2, 0.25) is 0 Å². The first-order valence-electron chi connectivity index (χ1n) is 15.2. The zero-order chi connectivity index (χ0) is 29.7. The van der Waals surface area contributed by atoms with Crippen LogP contribution < -0.4 is 4.90 Å². The predicted octanol–water partition coefficient (Wildman–Crippen LogP) is 13.2. The standard InChI is InChI=1S/C42H27NS2/c1-3-15-30(16-4-1)43(31-17-5-2-6-18-31)37-26-25-33(42-40(37)36-20-8-10-24-39(36)45-42)29-14-11-13-28(27-29)32-21-12-22-35-34-19-7-9-23-38(34)44-41(32)35/h1-27H. The maximum Gasteiger partial charge on any atom is 0.0555 e. The van der Waals surface area contributed by atoms with E-state index in [0.717, 1.165) is 11.4 Å². The van der Waals surface area contributed by atoms with E-state index in [1.165, 1.54) is 68.3 Å². The summed E-state index contributed by atoms with van der Waals surface area (Å²) in [5, 5.41) is 5.24. The van der Waals surface area contributed by atoms with Crippen molar-refractivity contribution in [2.75, 3.05) is 4.90 Å². The first-order chi connectivity index (χ1) is 22.3. The van der Waals surface area contributed by atoms with Crippen molar-refractivity contribution in [3.05, 3.63) is 164 Å². The monoisotopic (exact) mass is 609 g/mol. The summed E-state index contributed by atoms with van der Waals surface area (Å²) < 4.78 is 5.29. The van der Waals surface area contributed by atoms with Gasteiger partial charge in [0.2, 0.25) is 0 Å². The van der Waals surface area contributed by atoms with Crippen LogP contribution in [-0.4, -0.2) is 0 Å². The molecule has 0 atom stereocenters. The summed E-state index contributed by atoms with van der Waals surface area (Å²) in [6.07, 6.45) is 0. The van der Waals surface area contributed by atoms with Crippen LogP contribution in [0.4, 0.5) is 17.1 Å². The van der Waals surface area contributed by atoms with E-state index in [2.05, 4.69) is 169 Å². The van der Waals surface area contributed by atoms with Crippen LogP contribution in [0.25, 0.3) is 62.6 Å². The Kier molecular flexibility index (Phi) is 6.26. The van der Waals surface area contributed by atoms with Crippen molar-refractivity contribution in [1.82, 2.24) is 0 Å². The van der Waals surface area contributed by atoms with Crippen molar-refractivity contribution in [1.29, 1.82) is 0 Å². The number of nitrogens with zero attached hydrogens (tertiary/aromatic N) is 1. The quantitative estimate of drug-likeness (QED) is 0.188. The smallest absolute Gasteiger partial charge is 0.0555 e. The molecule has 0 bridgehead atoms. The molecule has 2 aromatic heterocycles. The van der Waals surface area contributed by atoms with Crippen molar-refractivity contribution in [2.24, 2.45) is 0 Å². The van der Waals surface area contributed by atoms with Gasteiger partial charge in [0.1, 0.15) is 0 Å². The lowest BCUT2D eigenvalue weighted by molar-refractivity contribution is 1.30. The Balaban J connectivity index is 1.27. The predicted molar refractivity (Wildman–Crippen MR) is 198 cm³/mol. The number of fused-ring (bicyclic) bond motifs is 6. The Morgan fingerprint density at radius 3 is 1.62 bits per heavy atom. The van der Waals surface area contributed by atoms with Crippen LogP contribution in [0.15, 0.2) is 164 Å². The van der Waals surface area contributed by atoms with Gasteiger partial charge < -0.3 is 4.90 Å². The molecule has 0 spiro atoms. The van der Waals surface area contributed by atoms with Gasteiger partial charge in [-0.3, -0.25) is 0 Å². The Hall–Kier alpha value is -5.22. The first-order valence-corrected chi connectivity index (χ1v) is 16.8. The lowest BCUT2D eigenvalue weighted by atomic mass is 9.96. The maximum atomic E-state index is 2.39. The van der Waals surface area contributed by atoms with Crippen molar-refractivity contribution < 1.29 is 0 Å². The fourth-order valence-electron chi connectivity index (χ4n) is 6.63. The van der Waals surface area contributed by atoms with Crippen LogP contribution in [0.1, 0.15) is 0 Å². The van der Waals surface area contributed by atoms with Gasteiger partial charge in [-0.25, -0.2) is 0 Å². The number of para-hydroxylation sites is 2. The normalized spacial score (nSPS) is 11.6. The number of thiophene rings is 2. The molecule has 9 aromatic rings. The molecule has 7 aromatic carbocycles. The molecule has 1 nitrogen and oxygen atoms in total. The van der Waals surface area contributed by atoms with E-state index in [-0.39, 0.29) is 0 Å². The molecule has 0 radical (unpaired) electrons. The van der Waals surface area contributed by atoms with Gasteiger partial charge in [0, 0.05) is 51.7 Å². The van der Waals surface area contributed by atoms with Crippen LogP contribution in [0.3, 0.4) is 0 Å².